The summed E-state index contributed by atoms with van der Waals surface area (Å²) in [6.45, 7) is 6.72. The van der Waals surface area contributed by atoms with E-state index in [1.54, 1.807) is 11.6 Å². The van der Waals surface area contributed by atoms with Crippen LogP contribution >= 0.6 is 0 Å². The lowest BCUT2D eigenvalue weighted by Gasteiger charge is -2.33. The Hall–Kier alpha value is -2.81. The molecule has 0 unspecified atom stereocenters. The Bertz CT molecular complexity index is 765. The lowest BCUT2D eigenvalue weighted by atomic mass is 10.2. The summed E-state index contributed by atoms with van der Waals surface area (Å²) in [6, 6.07) is 7.98. The number of ether oxygens (including phenoxy) is 1. The van der Waals surface area contributed by atoms with Gasteiger partial charge in [-0.3, -0.25) is 9.69 Å². The molecule has 1 aromatic heterocycles. The molecular weight excluding hydrogens is 336 g/mol. The molecule has 9 heteroatoms. The Morgan fingerprint density at radius 3 is 2.46 bits per heavy atom. The first kappa shape index (κ1) is 18.0. The number of hydrogen-bond acceptors (Lipinski definition) is 7. The van der Waals surface area contributed by atoms with E-state index < -0.39 is 11.9 Å². The van der Waals surface area contributed by atoms with Crippen molar-refractivity contribution in [3.63, 3.8) is 0 Å². The summed E-state index contributed by atoms with van der Waals surface area (Å²) in [6.07, 6.45) is 0. The van der Waals surface area contributed by atoms with Crippen LogP contribution in [0.4, 0.5) is 0 Å². The first-order chi connectivity index (χ1) is 12.6. The maximum atomic E-state index is 12.0. The topological polar surface area (TPSA) is 93.5 Å². The van der Waals surface area contributed by atoms with Crippen LogP contribution in [0.15, 0.2) is 24.3 Å². The van der Waals surface area contributed by atoms with Crippen LogP contribution in [0.2, 0.25) is 0 Å². The Kier molecular flexibility index (Phi) is 5.57. The number of hydrogen-bond donors (Lipinski definition) is 0. The van der Waals surface area contributed by atoms with Crippen LogP contribution in [-0.4, -0.2) is 74.7 Å². The first-order valence-electron chi connectivity index (χ1n) is 8.61. The van der Waals surface area contributed by atoms with Crippen molar-refractivity contribution in [2.24, 2.45) is 0 Å². The number of piperazine rings is 1. The number of rotatable bonds is 4. The minimum absolute atomic E-state index is 0.201. The molecule has 2 heterocycles. The van der Waals surface area contributed by atoms with Crippen LogP contribution in [0, 0.1) is 6.92 Å². The second-order valence-corrected chi connectivity index (χ2v) is 6.13. The fraction of sp³-hybridized carbons (Fsp3) is 0.471. The number of tetrazole rings is 1. The van der Waals surface area contributed by atoms with Gasteiger partial charge in [-0.05, 0) is 36.4 Å². The average molecular weight is 358 g/mol. The molecule has 138 valence electrons. The van der Waals surface area contributed by atoms with Crippen molar-refractivity contribution in [3.8, 4) is 5.69 Å². The average Bonchev–Trinajstić information content (AvgIpc) is 3.11. The van der Waals surface area contributed by atoms with E-state index in [0.717, 1.165) is 11.5 Å². The van der Waals surface area contributed by atoms with Gasteiger partial charge in [-0.1, -0.05) is 17.7 Å². The van der Waals surface area contributed by atoms with Crippen molar-refractivity contribution in [2.45, 2.75) is 20.4 Å². The van der Waals surface area contributed by atoms with Gasteiger partial charge in [-0.25, -0.2) is 4.79 Å². The Balaban J connectivity index is 1.59. The summed E-state index contributed by atoms with van der Waals surface area (Å²) < 4.78 is 6.49. The van der Waals surface area contributed by atoms with Crippen LogP contribution in [-0.2, 0) is 20.9 Å². The molecule has 0 aliphatic carbocycles. The van der Waals surface area contributed by atoms with Crippen molar-refractivity contribution in [1.29, 1.82) is 0 Å². The monoisotopic (exact) mass is 358 g/mol. The van der Waals surface area contributed by atoms with Crippen molar-refractivity contribution in [3.05, 3.63) is 35.7 Å². The predicted octanol–water partition coefficient (Wildman–Crippen LogP) is 0.178. The van der Waals surface area contributed by atoms with Crippen molar-refractivity contribution in [2.75, 3.05) is 32.8 Å². The minimum Gasteiger partial charge on any atom is -0.459 e. The van der Waals surface area contributed by atoms with Gasteiger partial charge in [0.15, 0.2) is 5.82 Å². The largest absolute Gasteiger partial charge is 0.459 e. The van der Waals surface area contributed by atoms with E-state index >= 15 is 0 Å². The molecule has 0 saturated carbocycles. The molecule has 1 saturated heterocycles. The molecule has 1 aromatic carbocycles. The molecule has 1 aliphatic heterocycles. The number of carbonyl (C=O) groups excluding carboxylic acids is 2. The lowest BCUT2D eigenvalue weighted by molar-refractivity contribution is -0.160. The van der Waals surface area contributed by atoms with Gasteiger partial charge < -0.3 is 9.64 Å². The van der Waals surface area contributed by atoms with Crippen molar-refractivity contribution in [1.82, 2.24) is 30.0 Å². The van der Waals surface area contributed by atoms with Gasteiger partial charge in [0.25, 0.3) is 0 Å². The molecule has 0 radical (unpaired) electrons. The van der Waals surface area contributed by atoms with Gasteiger partial charge in [-0.15, -0.1) is 5.10 Å². The van der Waals surface area contributed by atoms with Gasteiger partial charge >= 0.3 is 11.9 Å². The maximum absolute atomic E-state index is 12.0. The van der Waals surface area contributed by atoms with Crippen LogP contribution in [0.3, 0.4) is 0 Å². The summed E-state index contributed by atoms with van der Waals surface area (Å²) in [5, 5.41) is 12.0. The zero-order chi connectivity index (χ0) is 18.5. The highest BCUT2D eigenvalue weighted by molar-refractivity contribution is 6.32. The van der Waals surface area contributed by atoms with Crippen molar-refractivity contribution < 1.29 is 14.3 Å². The van der Waals surface area contributed by atoms with Gasteiger partial charge in [-0.2, -0.15) is 4.68 Å². The number of aromatic nitrogens is 4. The number of carbonyl (C=O) groups is 2. The van der Waals surface area contributed by atoms with Gasteiger partial charge in [0.2, 0.25) is 0 Å². The zero-order valence-corrected chi connectivity index (χ0v) is 15.0. The Morgan fingerprint density at radius 2 is 1.81 bits per heavy atom. The van der Waals surface area contributed by atoms with Gasteiger partial charge in [0, 0.05) is 26.2 Å². The van der Waals surface area contributed by atoms with Gasteiger partial charge in [0.1, 0.15) is 0 Å². The highest BCUT2D eigenvalue weighted by atomic mass is 16.5. The molecule has 3 rings (SSSR count). The zero-order valence-electron chi connectivity index (χ0n) is 15.0. The Morgan fingerprint density at radius 1 is 1.12 bits per heavy atom. The molecule has 0 atom stereocenters. The molecule has 1 amide bonds. The SMILES string of the molecule is CCOC(=O)C(=O)N1CCN(Cc2nnnn2-c2ccc(C)cc2)CC1. The lowest BCUT2D eigenvalue weighted by Crippen LogP contribution is -2.50. The van der Waals surface area contributed by atoms with E-state index in [1.807, 2.05) is 31.2 Å². The minimum atomic E-state index is -0.788. The number of benzene rings is 1. The highest BCUT2D eigenvalue weighted by Crippen LogP contribution is 2.12. The second-order valence-electron chi connectivity index (χ2n) is 6.13. The fourth-order valence-corrected chi connectivity index (χ4v) is 2.82. The smallest absolute Gasteiger partial charge is 0.397 e. The van der Waals surface area contributed by atoms with Crippen LogP contribution in [0.25, 0.3) is 5.69 Å². The molecule has 1 aliphatic rings. The third kappa shape index (κ3) is 4.05. The Labute approximate surface area is 151 Å². The van der Waals surface area contributed by atoms with Gasteiger partial charge in [0.05, 0.1) is 18.8 Å². The first-order valence-corrected chi connectivity index (χ1v) is 8.61. The van der Waals surface area contributed by atoms with E-state index in [-0.39, 0.29) is 6.61 Å². The summed E-state index contributed by atoms with van der Waals surface area (Å²) in [5.41, 5.74) is 2.08. The molecule has 2 aromatic rings. The summed E-state index contributed by atoms with van der Waals surface area (Å²) in [4.78, 5) is 27.2. The van der Waals surface area contributed by atoms with E-state index in [9.17, 15) is 9.59 Å². The molecule has 0 spiro atoms. The predicted molar refractivity (Wildman–Crippen MR) is 92.4 cm³/mol. The van der Waals surface area contributed by atoms with E-state index in [2.05, 4.69) is 20.4 Å². The molecule has 9 nitrogen and oxygen atoms in total. The highest BCUT2D eigenvalue weighted by Gasteiger charge is 2.27. The van der Waals surface area contributed by atoms with Crippen molar-refractivity contribution >= 4 is 11.9 Å². The third-order valence-electron chi connectivity index (χ3n) is 4.29. The normalized spacial score (nSPS) is 15.1. The van der Waals surface area contributed by atoms with Crippen LogP contribution in [0.5, 0.6) is 0 Å². The molecular formula is C17H22N6O3. The van der Waals surface area contributed by atoms with E-state index in [1.165, 1.54) is 10.5 Å². The molecule has 26 heavy (non-hydrogen) atoms. The molecule has 1 fully saturated rings. The molecule has 0 N–H and O–H groups in total. The standard InChI is InChI=1S/C17H22N6O3/c1-3-26-17(25)16(24)22-10-8-21(9-11-22)12-15-18-19-20-23(15)14-6-4-13(2)5-7-14/h4-7H,3,8-12H2,1-2H3. The second kappa shape index (κ2) is 8.05. The number of nitrogens with zero attached hydrogens (tertiary/aromatic N) is 6. The number of amides is 1. The van der Waals surface area contributed by atoms with E-state index in [0.29, 0.717) is 32.7 Å². The third-order valence-corrected chi connectivity index (χ3v) is 4.29. The summed E-state index contributed by atoms with van der Waals surface area (Å²) >= 11 is 0. The van der Waals surface area contributed by atoms with Crippen LogP contribution in [0.1, 0.15) is 18.3 Å². The number of esters is 1. The maximum Gasteiger partial charge on any atom is 0.397 e. The van der Waals surface area contributed by atoms with E-state index in [4.69, 9.17) is 4.74 Å². The van der Waals surface area contributed by atoms with Crippen LogP contribution < -0.4 is 0 Å². The summed E-state index contributed by atoms with van der Waals surface area (Å²) in [7, 11) is 0. The quantitative estimate of drug-likeness (QED) is 0.568. The fourth-order valence-electron chi connectivity index (χ4n) is 2.82. The number of aryl methyl sites for hydroxylation is 1. The summed E-state index contributed by atoms with van der Waals surface area (Å²) in [5.74, 6) is -0.626. The molecule has 0 bridgehead atoms.